The Morgan fingerprint density at radius 1 is 1.32 bits per heavy atom. The van der Waals surface area contributed by atoms with E-state index >= 15 is 0 Å². The van der Waals surface area contributed by atoms with Crippen LogP contribution in [-0.4, -0.2) is 21.9 Å². The number of nitro groups is 1. The molecule has 0 bridgehead atoms. The van der Waals surface area contributed by atoms with Crippen LogP contribution in [0, 0.1) is 10.1 Å². The second kappa shape index (κ2) is 8.70. The van der Waals surface area contributed by atoms with E-state index in [1.54, 1.807) is 31.2 Å². The van der Waals surface area contributed by atoms with Crippen LogP contribution in [0.15, 0.2) is 40.9 Å². The molecule has 2 aromatic carbocycles. The molecule has 0 radical (unpaired) electrons. The molecular formula is C19H18BrClN2O5. The van der Waals surface area contributed by atoms with Crippen molar-refractivity contribution in [1.82, 2.24) is 0 Å². The molecule has 28 heavy (non-hydrogen) atoms. The molecule has 9 heteroatoms. The molecule has 2 N–H and O–H groups in total. The number of carbonyl (C=O) groups excluding carboxylic acids is 1. The van der Waals surface area contributed by atoms with Gasteiger partial charge in [0, 0.05) is 15.6 Å². The van der Waals surface area contributed by atoms with Gasteiger partial charge in [0.2, 0.25) is 5.91 Å². The third kappa shape index (κ3) is 4.34. The average molecular weight is 470 g/mol. The maximum Gasteiger partial charge on any atom is 0.338 e. The highest BCUT2D eigenvalue weighted by molar-refractivity contribution is 9.10. The van der Waals surface area contributed by atoms with Gasteiger partial charge in [-0.25, -0.2) is 4.79 Å². The molecule has 1 atom stereocenters. The van der Waals surface area contributed by atoms with Crippen molar-refractivity contribution in [2.45, 2.75) is 32.1 Å². The molecule has 0 saturated heterocycles. The number of aromatic carboxylic acids is 1. The number of nitro benzene ring substituents is 1. The number of hydrogen-bond acceptors (Lipinski definition) is 4. The van der Waals surface area contributed by atoms with E-state index in [2.05, 4.69) is 21.2 Å². The first kappa shape index (κ1) is 21.8. The molecule has 0 fully saturated rings. The molecule has 0 aliphatic heterocycles. The Hall–Kier alpha value is -2.45. The maximum absolute atomic E-state index is 13.2. The van der Waals surface area contributed by atoms with Crippen molar-refractivity contribution >= 4 is 50.8 Å². The van der Waals surface area contributed by atoms with Crippen LogP contribution in [0.2, 0.25) is 5.02 Å². The second-order valence-corrected chi connectivity index (χ2v) is 7.75. The first-order chi connectivity index (χ1) is 13.1. The van der Waals surface area contributed by atoms with Gasteiger partial charge >= 0.3 is 5.97 Å². The largest absolute Gasteiger partial charge is 0.478 e. The van der Waals surface area contributed by atoms with Gasteiger partial charge in [-0.05, 0) is 31.0 Å². The summed E-state index contributed by atoms with van der Waals surface area (Å²) >= 11 is 9.35. The molecule has 0 aromatic heterocycles. The number of carbonyl (C=O) groups is 2. The summed E-state index contributed by atoms with van der Waals surface area (Å²) in [6, 6.07) is 9.20. The highest BCUT2D eigenvalue weighted by Crippen LogP contribution is 2.38. The summed E-state index contributed by atoms with van der Waals surface area (Å²) in [4.78, 5) is 35.5. The van der Waals surface area contributed by atoms with E-state index in [-0.39, 0.29) is 15.7 Å². The SMILES string of the molecule is CCCC(C)(C(=O)Nc1c(C(=O)O)cc(Br)cc1[N+](=O)[O-])c1ccccc1Cl. The predicted octanol–water partition coefficient (Wildman–Crippen LogP) is 5.41. The zero-order valence-electron chi connectivity index (χ0n) is 15.2. The van der Waals surface area contributed by atoms with Crippen molar-refractivity contribution in [3.05, 3.63) is 67.1 Å². The molecular weight excluding hydrogens is 452 g/mol. The summed E-state index contributed by atoms with van der Waals surface area (Å²) in [5.41, 5.74) is -1.80. The van der Waals surface area contributed by atoms with Crippen LogP contribution in [0.4, 0.5) is 11.4 Å². The minimum Gasteiger partial charge on any atom is -0.478 e. The van der Waals surface area contributed by atoms with Crippen LogP contribution >= 0.6 is 27.5 Å². The number of hydrogen-bond donors (Lipinski definition) is 2. The van der Waals surface area contributed by atoms with E-state index in [0.717, 1.165) is 6.07 Å². The fourth-order valence-electron chi connectivity index (χ4n) is 3.07. The van der Waals surface area contributed by atoms with E-state index < -0.39 is 27.9 Å². The number of carboxylic acid groups (broad SMARTS) is 1. The number of carboxylic acids is 1. The van der Waals surface area contributed by atoms with Crippen molar-refractivity contribution in [3.63, 3.8) is 0 Å². The van der Waals surface area contributed by atoms with Crippen molar-refractivity contribution in [2.75, 3.05) is 5.32 Å². The first-order valence-corrected chi connectivity index (χ1v) is 9.56. The summed E-state index contributed by atoms with van der Waals surface area (Å²) in [5.74, 6) is -1.97. The molecule has 1 amide bonds. The molecule has 2 rings (SSSR count). The Morgan fingerprint density at radius 2 is 1.96 bits per heavy atom. The number of halogens is 2. The fourth-order valence-corrected chi connectivity index (χ4v) is 3.86. The van der Waals surface area contributed by atoms with Crippen molar-refractivity contribution < 1.29 is 19.6 Å². The molecule has 0 aliphatic carbocycles. The number of amides is 1. The summed E-state index contributed by atoms with van der Waals surface area (Å²) in [6.45, 7) is 3.57. The lowest BCUT2D eigenvalue weighted by Crippen LogP contribution is -2.38. The summed E-state index contributed by atoms with van der Waals surface area (Å²) in [7, 11) is 0. The molecule has 2 aromatic rings. The Kier molecular flexibility index (Phi) is 6.79. The third-order valence-corrected chi connectivity index (χ3v) is 5.25. The molecule has 1 unspecified atom stereocenters. The lowest BCUT2D eigenvalue weighted by atomic mass is 9.77. The monoisotopic (exact) mass is 468 g/mol. The smallest absolute Gasteiger partial charge is 0.338 e. The summed E-state index contributed by atoms with van der Waals surface area (Å²) < 4.78 is 0.219. The van der Waals surface area contributed by atoms with Gasteiger partial charge in [0.25, 0.3) is 5.69 Å². The number of anilines is 1. The van der Waals surface area contributed by atoms with Crippen molar-refractivity contribution in [1.29, 1.82) is 0 Å². The zero-order chi connectivity index (χ0) is 21.1. The predicted molar refractivity (Wildman–Crippen MR) is 110 cm³/mol. The van der Waals surface area contributed by atoms with Gasteiger partial charge in [0.15, 0.2) is 0 Å². The normalized spacial score (nSPS) is 12.9. The van der Waals surface area contributed by atoms with E-state index in [1.807, 2.05) is 6.92 Å². The number of benzene rings is 2. The Bertz CT molecular complexity index is 915. The van der Waals surface area contributed by atoms with Crippen LogP contribution in [0.5, 0.6) is 0 Å². The van der Waals surface area contributed by atoms with Crippen molar-refractivity contribution in [2.24, 2.45) is 0 Å². The Labute approximate surface area is 175 Å². The highest BCUT2D eigenvalue weighted by Gasteiger charge is 2.38. The Morgan fingerprint density at radius 3 is 2.50 bits per heavy atom. The highest BCUT2D eigenvalue weighted by atomic mass is 79.9. The van der Waals surface area contributed by atoms with Gasteiger partial charge in [-0.1, -0.05) is 59.1 Å². The molecule has 0 spiro atoms. The van der Waals surface area contributed by atoms with Gasteiger partial charge in [-0.15, -0.1) is 0 Å². The molecule has 148 valence electrons. The van der Waals surface area contributed by atoms with E-state index in [0.29, 0.717) is 23.4 Å². The van der Waals surface area contributed by atoms with Crippen LogP contribution in [0.3, 0.4) is 0 Å². The summed E-state index contributed by atoms with van der Waals surface area (Å²) in [6.07, 6.45) is 1.05. The maximum atomic E-state index is 13.2. The fraction of sp³-hybridized carbons (Fsp3) is 0.263. The standard InChI is InChI=1S/C19H18BrClN2O5/c1-3-8-19(2,13-6-4-5-7-14(13)21)18(26)22-16-12(17(24)25)9-11(20)10-15(16)23(27)28/h4-7,9-10H,3,8H2,1-2H3,(H,22,26)(H,24,25). The molecule has 0 aliphatic rings. The first-order valence-electron chi connectivity index (χ1n) is 8.39. The lowest BCUT2D eigenvalue weighted by Gasteiger charge is -2.29. The van der Waals surface area contributed by atoms with Gasteiger partial charge in [-0.2, -0.15) is 0 Å². The van der Waals surface area contributed by atoms with Crippen LogP contribution in [-0.2, 0) is 10.2 Å². The van der Waals surface area contributed by atoms with Crippen molar-refractivity contribution in [3.8, 4) is 0 Å². The Balaban J connectivity index is 2.60. The molecule has 7 nitrogen and oxygen atoms in total. The molecule has 0 saturated carbocycles. The number of rotatable bonds is 7. The van der Waals surface area contributed by atoms with Crippen LogP contribution in [0.1, 0.15) is 42.6 Å². The van der Waals surface area contributed by atoms with Crippen LogP contribution < -0.4 is 5.32 Å². The minimum atomic E-state index is -1.39. The molecule has 0 heterocycles. The topological polar surface area (TPSA) is 110 Å². The number of nitrogens with zero attached hydrogens (tertiary/aromatic N) is 1. The van der Waals surface area contributed by atoms with Gasteiger partial charge in [0.1, 0.15) is 5.69 Å². The second-order valence-electron chi connectivity index (χ2n) is 6.43. The average Bonchev–Trinajstić information content (AvgIpc) is 2.62. The van der Waals surface area contributed by atoms with Gasteiger partial charge in [-0.3, -0.25) is 14.9 Å². The summed E-state index contributed by atoms with van der Waals surface area (Å²) in [5, 5.41) is 23.8. The lowest BCUT2D eigenvalue weighted by molar-refractivity contribution is -0.384. The van der Waals surface area contributed by atoms with E-state index in [4.69, 9.17) is 11.6 Å². The minimum absolute atomic E-state index is 0.219. The van der Waals surface area contributed by atoms with Gasteiger partial charge < -0.3 is 10.4 Å². The number of nitrogens with one attached hydrogen (secondary N) is 1. The zero-order valence-corrected chi connectivity index (χ0v) is 17.5. The third-order valence-electron chi connectivity index (χ3n) is 4.47. The quantitative estimate of drug-likeness (QED) is 0.416. The van der Waals surface area contributed by atoms with Gasteiger partial charge in [0.05, 0.1) is 15.9 Å². The van der Waals surface area contributed by atoms with E-state index in [9.17, 15) is 24.8 Å². The van der Waals surface area contributed by atoms with Crippen LogP contribution in [0.25, 0.3) is 0 Å². The van der Waals surface area contributed by atoms with E-state index in [1.165, 1.54) is 6.07 Å².